The van der Waals surface area contributed by atoms with Gasteiger partial charge in [0.25, 0.3) is 5.91 Å². The molecule has 0 aliphatic carbocycles. The first-order valence-corrected chi connectivity index (χ1v) is 4.44. The lowest BCUT2D eigenvalue weighted by Crippen LogP contribution is -2.28. The molecule has 0 saturated carbocycles. The number of carbonyl (C=O) groups is 2. The molecule has 0 unspecified atom stereocenters. The van der Waals surface area contributed by atoms with Gasteiger partial charge in [0.2, 0.25) is 5.91 Å². The van der Waals surface area contributed by atoms with E-state index >= 15 is 0 Å². The van der Waals surface area contributed by atoms with Crippen molar-refractivity contribution in [1.29, 1.82) is 0 Å². The molecule has 86 valence electrons. The second-order valence-corrected chi connectivity index (χ2v) is 3.00. The summed E-state index contributed by atoms with van der Waals surface area (Å²) < 4.78 is 1.61. The lowest BCUT2D eigenvalue weighted by molar-refractivity contribution is -0.134. The van der Waals surface area contributed by atoms with Crippen LogP contribution in [0.5, 0.6) is 0 Å². The molecule has 1 aromatic rings. The van der Waals surface area contributed by atoms with Gasteiger partial charge in [-0.3, -0.25) is 19.1 Å². The maximum atomic E-state index is 11.1. The third kappa shape index (κ3) is 4.38. The zero-order valence-corrected chi connectivity index (χ0v) is 8.71. The van der Waals surface area contributed by atoms with Crippen molar-refractivity contribution in [3.8, 4) is 0 Å². The fourth-order valence-corrected chi connectivity index (χ4v) is 0.910. The molecule has 0 radical (unpaired) electrons. The fourth-order valence-electron chi connectivity index (χ4n) is 0.910. The minimum absolute atomic E-state index is 0.355. The second kappa shape index (κ2) is 5.66. The Balaban J connectivity index is 2.34. The van der Waals surface area contributed by atoms with Crippen molar-refractivity contribution in [3.63, 3.8) is 0 Å². The van der Waals surface area contributed by atoms with Crippen molar-refractivity contribution < 1.29 is 14.4 Å². The Bertz CT molecular complexity index is 411. The highest BCUT2D eigenvalue weighted by molar-refractivity contribution is 5.91. The van der Waals surface area contributed by atoms with Crippen molar-refractivity contribution in [2.24, 2.45) is 12.8 Å². The first kappa shape index (κ1) is 11.9. The summed E-state index contributed by atoms with van der Waals surface area (Å²) >= 11 is 0. The van der Waals surface area contributed by atoms with E-state index in [2.05, 4.69) is 9.94 Å². The molecule has 0 aliphatic heterocycles. The zero-order valence-electron chi connectivity index (χ0n) is 8.71. The molecule has 0 spiro atoms. The number of rotatable bonds is 5. The summed E-state index contributed by atoms with van der Waals surface area (Å²) in [5.74, 6) is -1.14. The lowest BCUT2D eigenvalue weighted by atomic mass is 10.3. The third-order valence-corrected chi connectivity index (χ3v) is 1.54. The molecule has 0 fully saturated rings. The van der Waals surface area contributed by atoms with Crippen LogP contribution >= 0.6 is 0 Å². The highest BCUT2D eigenvalue weighted by atomic mass is 16.7. The molecule has 0 atom stereocenters. The Morgan fingerprint density at radius 3 is 3.00 bits per heavy atom. The van der Waals surface area contributed by atoms with Gasteiger partial charge in [-0.2, -0.15) is 5.10 Å². The summed E-state index contributed by atoms with van der Waals surface area (Å²) in [4.78, 5) is 25.9. The number of nitrogens with zero attached hydrogens (tertiary/aromatic N) is 2. The van der Waals surface area contributed by atoms with Crippen LogP contribution in [0.25, 0.3) is 6.08 Å². The maximum absolute atomic E-state index is 11.1. The topological polar surface area (TPSA) is 99.2 Å². The number of aryl methyl sites for hydroxylation is 1. The molecular formula is C9H12N4O3. The highest BCUT2D eigenvalue weighted by Gasteiger charge is 1.98. The van der Waals surface area contributed by atoms with Crippen LogP contribution in [0.3, 0.4) is 0 Å². The van der Waals surface area contributed by atoms with Crippen LogP contribution in [0, 0.1) is 0 Å². The minimum atomic E-state index is -0.656. The zero-order chi connectivity index (χ0) is 12.0. The van der Waals surface area contributed by atoms with Crippen LogP contribution in [-0.4, -0.2) is 28.2 Å². The van der Waals surface area contributed by atoms with Crippen LogP contribution in [0.1, 0.15) is 5.56 Å². The average Bonchev–Trinajstić information content (AvgIpc) is 2.61. The molecule has 0 bridgehead atoms. The molecule has 1 aromatic heterocycles. The van der Waals surface area contributed by atoms with Crippen LogP contribution in [-0.2, 0) is 21.5 Å². The van der Waals surface area contributed by atoms with E-state index in [-0.39, 0.29) is 6.61 Å². The van der Waals surface area contributed by atoms with E-state index in [1.807, 2.05) is 5.48 Å². The third-order valence-electron chi connectivity index (χ3n) is 1.54. The van der Waals surface area contributed by atoms with E-state index in [0.29, 0.717) is 0 Å². The van der Waals surface area contributed by atoms with Crippen LogP contribution < -0.4 is 11.2 Å². The van der Waals surface area contributed by atoms with Gasteiger partial charge in [0.05, 0.1) is 6.20 Å². The van der Waals surface area contributed by atoms with Crippen molar-refractivity contribution in [1.82, 2.24) is 15.3 Å². The van der Waals surface area contributed by atoms with Crippen LogP contribution in [0.2, 0.25) is 0 Å². The molecule has 0 aliphatic rings. The van der Waals surface area contributed by atoms with Gasteiger partial charge in [-0.05, 0) is 6.08 Å². The molecule has 0 saturated heterocycles. The molecule has 2 amide bonds. The Morgan fingerprint density at radius 1 is 1.69 bits per heavy atom. The van der Waals surface area contributed by atoms with E-state index < -0.39 is 11.8 Å². The van der Waals surface area contributed by atoms with E-state index in [0.717, 1.165) is 5.56 Å². The van der Waals surface area contributed by atoms with Gasteiger partial charge in [-0.15, -0.1) is 0 Å². The molecule has 0 aromatic carbocycles. The second-order valence-electron chi connectivity index (χ2n) is 3.00. The van der Waals surface area contributed by atoms with Gasteiger partial charge < -0.3 is 5.73 Å². The molecular weight excluding hydrogens is 212 g/mol. The van der Waals surface area contributed by atoms with Crippen LogP contribution in [0.15, 0.2) is 18.5 Å². The van der Waals surface area contributed by atoms with Gasteiger partial charge in [0.15, 0.2) is 6.61 Å². The predicted octanol–water partition coefficient (Wildman–Crippen LogP) is -1.03. The van der Waals surface area contributed by atoms with Gasteiger partial charge in [0.1, 0.15) is 0 Å². The summed E-state index contributed by atoms with van der Waals surface area (Å²) in [5.41, 5.74) is 7.62. The largest absolute Gasteiger partial charge is 0.368 e. The smallest absolute Gasteiger partial charge is 0.267 e. The number of hydroxylamine groups is 1. The first-order valence-electron chi connectivity index (χ1n) is 4.44. The first-order chi connectivity index (χ1) is 7.58. The number of nitrogens with two attached hydrogens (primary N) is 1. The Morgan fingerprint density at radius 2 is 2.44 bits per heavy atom. The lowest BCUT2D eigenvalue weighted by Gasteiger charge is -1.99. The Labute approximate surface area is 91.8 Å². The quantitative estimate of drug-likeness (QED) is 0.493. The number of hydrogen-bond donors (Lipinski definition) is 2. The Hall–Kier alpha value is -2.15. The van der Waals surface area contributed by atoms with Gasteiger partial charge in [-0.25, -0.2) is 5.48 Å². The molecule has 1 heterocycles. The standard InChI is InChI=1S/C9H12N4O3/c1-13-5-7(4-11-13)2-3-9(15)12-16-6-8(10)14/h2-5H,6H2,1H3,(H2,10,14)(H,12,15)/b3-2+. The normalized spacial score (nSPS) is 10.6. The van der Waals surface area contributed by atoms with Gasteiger partial charge in [0, 0.05) is 24.9 Å². The summed E-state index contributed by atoms with van der Waals surface area (Å²) in [5, 5.41) is 3.92. The number of hydrogen-bond acceptors (Lipinski definition) is 4. The fraction of sp³-hybridized carbons (Fsp3) is 0.222. The van der Waals surface area contributed by atoms with Crippen molar-refractivity contribution in [3.05, 3.63) is 24.0 Å². The number of carbonyl (C=O) groups excluding carboxylic acids is 2. The number of nitrogens with one attached hydrogen (secondary N) is 1. The average molecular weight is 224 g/mol. The van der Waals surface area contributed by atoms with Crippen molar-refractivity contribution >= 4 is 17.9 Å². The van der Waals surface area contributed by atoms with Gasteiger partial charge in [-0.1, -0.05) is 0 Å². The van der Waals surface area contributed by atoms with E-state index in [4.69, 9.17) is 5.73 Å². The number of aromatic nitrogens is 2. The summed E-state index contributed by atoms with van der Waals surface area (Å²) in [6.07, 6.45) is 6.18. The summed E-state index contributed by atoms with van der Waals surface area (Å²) in [6.45, 7) is -0.355. The van der Waals surface area contributed by atoms with Crippen molar-refractivity contribution in [2.45, 2.75) is 0 Å². The summed E-state index contributed by atoms with van der Waals surface area (Å²) in [7, 11) is 1.77. The highest BCUT2D eigenvalue weighted by Crippen LogP contribution is 1.98. The molecule has 1 rings (SSSR count). The number of amides is 2. The Kier molecular flexibility index (Phi) is 4.22. The van der Waals surface area contributed by atoms with E-state index in [1.54, 1.807) is 30.2 Å². The van der Waals surface area contributed by atoms with E-state index in [9.17, 15) is 9.59 Å². The molecule has 7 heteroatoms. The molecule has 16 heavy (non-hydrogen) atoms. The number of primary amides is 1. The molecule has 7 nitrogen and oxygen atoms in total. The summed E-state index contributed by atoms with van der Waals surface area (Å²) in [6, 6.07) is 0. The predicted molar refractivity (Wildman–Crippen MR) is 55.5 cm³/mol. The van der Waals surface area contributed by atoms with Crippen molar-refractivity contribution in [2.75, 3.05) is 6.61 Å². The van der Waals surface area contributed by atoms with E-state index in [1.165, 1.54) is 6.08 Å². The maximum Gasteiger partial charge on any atom is 0.267 e. The SMILES string of the molecule is Cn1cc(/C=C/C(=O)NOCC(N)=O)cn1. The van der Waals surface area contributed by atoms with Gasteiger partial charge >= 0.3 is 0 Å². The monoisotopic (exact) mass is 224 g/mol. The molecule has 3 N–H and O–H groups in total. The minimum Gasteiger partial charge on any atom is -0.368 e. The van der Waals surface area contributed by atoms with Crippen LogP contribution in [0.4, 0.5) is 0 Å².